The number of amides is 2. The lowest BCUT2D eigenvalue weighted by molar-refractivity contribution is -0.126. The maximum Gasteiger partial charge on any atom is 0.243 e. The number of halogens is 1. The van der Waals surface area contributed by atoms with Gasteiger partial charge in [0.2, 0.25) is 21.8 Å². The fourth-order valence-corrected chi connectivity index (χ4v) is 5.17. The Morgan fingerprint density at radius 1 is 1.19 bits per heavy atom. The molecule has 2 aromatic rings. The molecule has 2 atom stereocenters. The lowest BCUT2D eigenvalue weighted by atomic mass is 9.89. The Hall–Kier alpha value is -2.78. The summed E-state index contributed by atoms with van der Waals surface area (Å²) < 4.78 is 40.1. The molecular weight excluding hydrogens is 421 g/mol. The van der Waals surface area contributed by atoms with Crippen LogP contribution in [0.4, 0.5) is 10.1 Å². The lowest BCUT2D eigenvalue weighted by Gasteiger charge is -2.26. The van der Waals surface area contributed by atoms with Crippen LogP contribution in [-0.4, -0.2) is 37.6 Å². The second-order valence-electron chi connectivity index (χ2n) is 7.43. The molecule has 0 bridgehead atoms. The third-order valence-electron chi connectivity index (χ3n) is 5.45. The molecule has 7 nitrogen and oxygen atoms in total. The van der Waals surface area contributed by atoms with Crippen molar-refractivity contribution in [1.82, 2.24) is 9.62 Å². The number of nitrogens with one attached hydrogen (secondary N) is 2. The molecule has 2 aromatic carbocycles. The van der Waals surface area contributed by atoms with E-state index in [1.54, 1.807) is 32.9 Å². The van der Waals surface area contributed by atoms with Crippen LogP contribution in [0.2, 0.25) is 0 Å². The molecule has 0 unspecified atom stereocenters. The minimum atomic E-state index is -3.56. The Morgan fingerprint density at radius 3 is 2.45 bits per heavy atom. The number of rotatable bonds is 7. The van der Waals surface area contributed by atoms with Gasteiger partial charge in [-0.15, -0.1) is 0 Å². The van der Waals surface area contributed by atoms with Crippen LogP contribution < -0.4 is 10.6 Å². The van der Waals surface area contributed by atoms with Crippen molar-refractivity contribution < 1.29 is 22.4 Å². The predicted octanol–water partition coefficient (Wildman–Crippen LogP) is 3.16. The largest absolute Gasteiger partial charge is 0.349 e. The summed E-state index contributed by atoms with van der Waals surface area (Å²) in [6.45, 7) is 6.11. The number of nitrogens with zero attached hydrogens (tertiary/aromatic N) is 1. The second-order valence-corrected chi connectivity index (χ2v) is 9.36. The molecule has 2 amide bonds. The molecule has 1 aliphatic rings. The molecule has 0 saturated carbocycles. The minimum absolute atomic E-state index is 0.0295. The van der Waals surface area contributed by atoms with Crippen molar-refractivity contribution in [3.63, 3.8) is 0 Å². The Bertz CT molecular complexity index is 1080. The standard InChI is InChI=1S/C22H26FN3O4S/c1-4-26(5-2)31(29,30)17-9-6-15(7-10-17)14(3)24-22(28)19-13-21(27)25-20-12-16(23)8-11-18(19)20/h6-12,14,19H,4-5,13H2,1-3H3,(H,24,28)(H,25,27)/t14-,19+/m0/s1. The van der Waals surface area contributed by atoms with E-state index in [4.69, 9.17) is 0 Å². The first kappa shape index (κ1) is 22.9. The van der Waals surface area contributed by atoms with Crippen molar-refractivity contribution in [2.75, 3.05) is 18.4 Å². The number of hydrogen-bond acceptors (Lipinski definition) is 4. The second kappa shape index (κ2) is 9.15. The molecule has 166 valence electrons. The Balaban J connectivity index is 1.76. The third kappa shape index (κ3) is 4.77. The normalized spacial score (nSPS) is 17.1. The minimum Gasteiger partial charge on any atom is -0.349 e. The summed E-state index contributed by atoms with van der Waals surface area (Å²) in [7, 11) is -3.56. The molecule has 1 heterocycles. The van der Waals surface area contributed by atoms with E-state index in [1.165, 1.54) is 34.6 Å². The number of carbonyl (C=O) groups is 2. The first-order chi connectivity index (χ1) is 14.7. The van der Waals surface area contributed by atoms with Gasteiger partial charge in [0.15, 0.2) is 0 Å². The summed E-state index contributed by atoms with van der Waals surface area (Å²) in [6.07, 6.45) is -0.0295. The van der Waals surface area contributed by atoms with Crippen LogP contribution in [0.1, 0.15) is 50.3 Å². The van der Waals surface area contributed by atoms with Gasteiger partial charge in [0.05, 0.1) is 16.9 Å². The van der Waals surface area contributed by atoms with Crippen molar-refractivity contribution in [2.24, 2.45) is 0 Å². The smallest absolute Gasteiger partial charge is 0.243 e. The molecule has 1 aliphatic heterocycles. The van der Waals surface area contributed by atoms with Crippen molar-refractivity contribution in [3.05, 3.63) is 59.4 Å². The van der Waals surface area contributed by atoms with Crippen molar-refractivity contribution in [1.29, 1.82) is 0 Å². The van der Waals surface area contributed by atoms with Gasteiger partial charge in [-0.25, -0.2) is 12.8 Å². The zero-order valence-corrected chi connectivity index (χ0v) is 18.5. The average molecular weight is 448 g/mol. The molecule has 3 rings (SSSR count). The maximum absolute atomic E-state index is 13.5. The van der Waals surface area contributed by atoms with Crippen LogP contribution in [0, 0.1) is 5.82 Å². The summed E-state index contributed by atoms with van der Waals surface area (Å²) in [4.78, 5) is 25.0. The summed E-state index contributed by atoms with van der Waals surface area (Å²) >= 11 is 0. The van der Waals surface area contributed by atoms with E-state index in [1.807, 2.05) is 0 Å². The highest BCUT2D eigenvalue weighted by Gasteiger charge is 2.31. The van der Waals surface area contributed by atoms with E-state index < -0.39 is 27.8 Å². The molecule has 0 aromatic heterocycles. The Labute approximate surface area is 181 Å². The molecular formula is C22H26FN3O4S. The lowest BCUT2D eigenvalue weighted by Crippen LogP contribution is -2.36. The first-order valence-electron chi connectivity index (χ1n) is 10.2. The van der Waals surface area contributed by atoms with Crippen LogP contribution >= 0.6 is 0 Å². The third-order valence-corrected chi connectivity index (χ3v) is 7.52. The predicted molar refractivity (Wildman–Crippen MR) is 115 cm³/mol. The van der Waals surface area contributed by atoms with E-state index in [9.17, 15) is 22.4 Å². The van der Waals surface area contributed by atoms with Gasteiger partial charge in [0.1, 0.15) is 5.82 Å². The molecule has 0 fully saturated rings. The number of carbonyl (C=O) groups excluding carboxylic acids is 2. The zero-order valence-electron chi connectivity index (χ0n) is 17.7. The van der Waals surface area contributed by atoms with Gasteiger partial charge in [-0.05, 0) is 42.3 Å². The summed E-state index contributed by atoms with van der Waals surface area (Å²) in [6, 6.07) is 9.93. The van der Waals surface area contributed by atoms with Gasteiger partial charge in [0.25, 0.3) is 0 Å². The average Bonchev–Trinajstić information content (AvgIpc) is 2.73. The number of fused-ring (bicyclic) bond motifs is 1. The molecule has 31 heavy (non-hydrogen) atoms. The first-order valence-corrected chi connectivity index (χ1v) is 11.6. The topological polar surface area (TPSA) is 95.6 Å². The molecule has 0 spiro atoms. The summed E-state index contributed by atoms with van der Waals surface area (Å²) in [5, 5.41) is 5.46. The van der Waals surface area contributed by atoms with Crippen LogP contribution in [-0.2, 0) is 19.6 Å². The van der Waals surface area contributed by atoms with Crippen molar-refractivity contribution >= 4 is 27.5 Å². The highest BCUT2D eigenvalue weighted by Crippen LogP contribution is 2.33. The van der Waals surface area contributed by atoms with Gasteiger partial charge in [-0.1, -0.05) is 32.0 Å². The van der Waals surface area contributed by atoms with E-state index in [0.717, 1.165) is 5.56 Å². The number of benzene rings is 2. The van der Waals surface area contributed by atoms with Crippen LogP contribution in [0.3, 0.4) is 0 Å². The van der Waals surface area contributed by atoms with E-state index in [2.05, 4.69) is 10.6 Å². The number of hydrogen-bond donors (Lipinski definition) is 2. The fraction of sp³-hybridized carbons (Fsp3) is 0.364. The van der Waals surface area contributed by atoms with E-state index in [0.29, 0.717) is 24.3 Å². The van der Waals surface area contributed by atoms with Gasteiger partial charge >= 0.3 is 0 Å². The van der Waals surface area contributed by atoms with Crippen LogP contribution in [0.5, 0.6) is 0 Å². The van der Waals surface area contributed by atoms with Crippen molar-refractivity contribution in [2.45, 2.75) is 44.0 Å². The number of sulfonamides is 1. The van der Waals surface area contributed by atoms with E-state index in [-0.39, 0.29) is 23.1 Å². The summed E-state index contributed by atoms with van der Waals surface area (Å²) in [5.41, 5.74) is 1.59. The van der Waals surface area contributed by atoms with E-state index >= 15 is 0 Å². The molecule has 0 radical (unpaired) electrons. The van der Waals surface area contributed by atoms with Gasteiger partial charge in [0, 0.05) is 25.2 Å². The quantitative estimate of drug-likeness (QED) is 0.682. The zero-order chi connectivity index (χ0) is 22.8. The van der Waals surface area contributed by atoms with Gasteiger partial charge in [-0.3, -0.25) is 9.59 Å². The molecule has 0 saturated heterocycles. The molecule has 0 aliphatic carbocycles. The molecule has 2 N–H and O–H groups in total. The van der Waals surface area contributed by atoms with Crippen LogP contribution in [0.15, 0.2) is 47.4 Å². The van der Waals surface area contributed by atoms with Crippen molar-refractivity contribution in [3.8, 4) is 0 Å². The van der Waals surface area contributed by atoms with Gasteiger partial charge in [-0.2, -0.15) is 4.31 Å². The monoisotopic (exact) mass is 447 g/mol. The SMILES string of the molecule is CCN(CC)S(=O)(=O)c1ccc([C@H](C)NC(=O)[C@@H]2CC(=O)Nc3cc(F)ccc32)cc1. The maximum atomic E-state index is 13.5. The Morgan fingerprint density at radius 2 is 1.84 bits per heavy atom. The molecule has 9 heteroatoms. The fourth-order valence-electron chi connectivity index (χ4n) is 3.71. The van der Waals surface area contributed by atoms with Gasteiger partial charge < -0.3 is 10.6 Å². The number of anilines is 1. The van der Waals surface area contributed by atoms with Crippen LogP contribution in [0.25, 0.3) is 0 Å². The Kier molecular flexibility index (Phi) is 6.76. The highest BCUT2D eigenvalue weighted by atomic mass is 32.2. The summed E-state index contributed by atoms with van der Waals surface area (Å²) in [5.74, 6) is -1.92. The highest BCUT2D eigenvalue weighted by molar-refractivity contribution is 7.89.